The van der Waals surface area contributed by atoms with Crippen LogP contribution in [0.5, 0.6) is 0 Å². The molecule has 0 aromatic rings. The maximum absolute atomic E-state index is 5.26. The van der Waals surface area contributed by atoms with Crippen LogP contribution in [0.25, 0.3) is 0 Å². The van der Waals surface area contributed by atoms with E-state index in [4.69, 9.17) is 4.74 Å². The Balaban J connectivity index is 2.57. The molecule has 1 heterocycles. The molecule has 9 heavy (non-hydrogen) atoms. The standard InChI is InChI=1S/C7H11NO/c1-7(2)6-8-4-3-5-9-7/h4-5,8H,6H2,1-2H3. The van der Waals surface area contributed by atoms with Crippen molar-refractivity contribution in [2.75, 3.05) is 6.54 Å². The molecular weight excluding hydrogens is 114 g/mol. The maximum Gasteiger partial charge on any atom is 0.127 e. The lowest BCUT2D eigenvalue weighted by atomic mass is 10.1. The zero-order valence-electron chi connectivity index (χ0n) is 5.77. The largest absolute Gasteiger partial charge is 0.485 e. The SMILES string of the molecule is CC1(C)CNC=C=CO1. The van der Waals surface area contributed by atoms with Crippen LogP contribution in [-0.4, -0.2) is 12.1 Å². The lowest BCUT2D eigenvalue weighted by molar-refractivity contribution is 0.0638. The van der Waals surface area contributed by atoms with Crippen LogP contribution in [0.15, 0.2) is 18.2 Å². The predicted octanol–water partition coefficient (Wildman–Crippen LogP) is 1.01. The van der Waals surface area contributed by atoms with E-state index in [0.29, 0.717) is 0 Å². The van der Waals surface area contributed by atoms with Gasteiger partial charge in [-0.1, -0.05) is 5.73 Å². The Kier molecular flexibility index (Phi) is 1.50. The molecule has 0 aliphatic carbocycles. The van der Waals surface area contributed by atoms with Gasteiger partial charge in [0.1, 0.15) is 11.9 Å². The van der Waals surface area contributed by atoms with E-state index >= 15 is 0 Å². The average molecular weight is 125 g/mol. The number of hydrogen-bond donors (Lipinski definition) is 1. The number of nitrogens with one attached hydrogen (secondary N) is 1. The summed E-state index contributed by atoms with van der Waals surface area (Å²) >= 11 is 0. The molecule has 0 radical (unpaired) electrons. The van der Waals surface area contributed by atoms with Gasteiger partial charge in [0.2, 0.25) is 0 Å². The number of rotatable bonds is 0. The van der Waals surface area contributed by atoms with E-state index in [-0.39, 0.29) is 5.60 Å². The van der Waals surface area contributed by atoms with Crippen LogP contribution in [0.2, 0.25) is 0 Å². The zero-order chi connectivity index (χ0) is 6.74. The molecule has 0 aromatic heterocycles. The third-order valence-corrected chi connectivity index (χ3v) is 1.16. The first-order valence-electron chi connectivity index (χ1n) is 3.01. The van der Waals surface area contributed by atoms with Gasteiger partial charge in [-0.15, -0.1) is 0 Å². The fourth-order valence-corrected chi connectivity index (χ4v) is 0.625. The highest BCUT2D eigenvalue weighted by atomic mass is 16.5. The topological polar surface area (TPSA) is 21.3 Å². The quantitative estimate of drug-likeness (QED) is 0.488. The lowest BCUT2D eigenvalue weighted by Gasteiger charge is -2.21. The van der Waals surface area contributed by atoms with Gasteiger partial charge >= 0.3 is 0 Å². The minimum Gasteiger partial charge on any atom is -0.485 e. The molecule has 0 unspecified atom stereocenters. The predicted molar refractivity (Wildman–Crippen MR) is 35.8 cm³/mol. The molecule has 1 aliphatic heterocycles. The second-order valence-electron chi connectivity index (χ2n) is 2.69. The minimum absolute atomic E-state index is 0.0972. The molecule has 0 saturated carbocycles. The summed E-state index contributed by atoms with van der Waals surface area (Å²) in [6.45, 7) is 4.88. The molecule has 2 nitrogen and oxygen atoms in total. The molecule has 0 amide bonds. The highest BCUT2D eigenvalue weighted by Gasteiger charge is 2.16. The van der Waals surface area contributed by atoms with Gasteiger partial charge in [0.15, 0.2) is 0 Å². The lowest BCUT2D eigenvalue weighted by Crippen LogP contribution is -2.32. The first-order chi connectivity index (χ1) is 4.21. The van der Waals surface area contributed by atoms with Gasteiger partial charge in [-0.3, -0.25) is 0 Å². The molecular formula is C7H11NO. The monoisotopic (exact) mass is 125 g/mol. The summed E-state index contributed by atoms with van der Waals surface area (Å²) in [5, 5.41) is 3.05. The summed E-state index contributed by atoms with van der Waals surface area (Å²) in [4.78, 5) is 0. The molecule has 0 saturated heterocycles. The van der Waals surface area contributed by atoms with E-state index in [1.807, 2.05) is 13.8 Å². The summed E-state index contributed by atoms with van der Waals surface area (Å²) in [5.41, 5.74) is 2.72. The van der Waals surface area contributed by atoms with Gasteiger partial charge < -0.3 is 10.1 Å². The van der Waals surface area contributed by atoms with Crippen LogP contribution in [0.4, 0.5) is 0 Å². The van der Waals surface area contributed by atoms with E-state index in [2.05, 4.69) is 11.0 Å². The third-order valence-electron chi connectivity index (χ3n) is 1.16. The molecule has 0 fully saturated rings. The van der Waals surface area contributed by atoms with E-state index < -0.39 is 0 Å². The highest BCUT2D eigenvalue weighted by molar-refractivity contribution is 4.87. The molecule has 1 N–H and O–H groups in total. The van der Waals surface area contributed by atoms with Gasteiger partial charge in [0, 0.05) is 6.20 Å². The van der Waals surface area contributed by atoms with Gasteiger partial charge in [0.25, 0.3) is 0 Å². The molecule has 0 spiro atoms. The average Bonchev–Trinajstić information content (AvgIpc) is 1.92. The van der Waals surface area contributed by atoms with Crippen LogP contribution >= 0.6 is 0 Å². The zero-order valence-corrected chi connectivity index (χ0v) is 5.77. The summed E-state index contributed by atoms with van der Waals surface area (Å²) in [6.07, 6.45) is 3.34. The van der Waals surface area contributed by atoms with Gasteiger partial charge in [0.05, 0.1) is 6.54 Å². The van der Waals surface area contributed by atoms with Crippen molar-refractivity contribution >= 4 is 0 Å². The van der Waals surface area contributed by atoms with E-state index in [1.54, 1.807) is 12.5 Å². The Labute approximate surface area is 55.2 Å². The van der Waals surface area contributed by atoms with Crippen molar-refractivity contribution in [3.63, 3.8) is 0 Å². The Morgan fingerprint density at radius 1 is 1.67 bits per heavy atom. The van der Waals surface area contributed by atoms with E-state index in [0.717, 1.165) is 6.54 Å². The molecule has 2 heteroatoms. The van der Waals surface area contributed by atoms with Crippen molar-refractivity contribution in [1.29, 1.82) is 0 Å². The van der Waals surface area contributed by atoms with Gasteiger partial charge in [-0.05, 0) is 13.8 Å². The van der Waals surface area contributed by atoms with Crippen LogP contribution in [0, 0.1) is 0 Å². The van der Waals surface area contributed by atoms with Crippen molar-refractivity contribution in [1.82, 2.24) is 5.32 Å². The molecule has 0 aromatic carbocycles. The van der Waals surface area contributed by atoms with Crippen molar-refractivity contribution in [2.24, 2.45) is 0 Å². The minimum atomic E-state index is -0.0972. The first-order valence-corrected chi connectivity index (χ1v) is 3.01. The smallest absolute Gasteiger partial charge is 0.127 e. The fraction of sp³-hybridized carbons (Fsp3) is 0.571. The van der Waals surface area contributed by atoms with E-state index in [1.165, 1.54) is 0 Å². The van der Waals surface area contributed by atoms with Crippen LogP contribution in [0.3, 0.4) is 0 Å². The molecule has 0 atom stereocenters. The van der Waals surface area contributed by atoms with Gasteiger partial charge in [-0.2, -0.15) is 0 Å². The normalized spacial score (nSPS) is 22.0. The molecule has 1 aliphatic rings. The summed E-state index contributed by atoms with van der Waals surface area (Å²) < 4.78 is 5.26. The second-order valence-corrected chi connectivity index (χ2v) is 2.69. The summed E-state index contributed by atoms with van der Waals surface area (Å²) in [5.74, 6) is 0. The highest BCUT2D eigenvalue weighted by Crippen LogP contribution is 2.08. The van der Waals surface area contributed by atoms with Crippen LogP contribution < -0.4 is 5.32 Å². The third kappa shape index (κ3) is 1.82. The van der Waals surface area contributed by atoms with Crippen molar-refractivity contribution in [3.8, 4) is 0 Å². The Bertz CT molecular complexity index is 154. The molecule has 0 bridgehead atoms. The van der Waals surface area contributed by atoms with Crippen molar-refractivity contribution in [3.05, 3.63) is 18.2 Å². The molecule has 1 rings (SSSR count). The van der Waals surface area contributed by atoms with Crippen LogP contribution in [0.1, 0.15) is 13.8 Å². The van der Waals surface area contributed by atoms with Gasteiger partial charge in [-0.25, -0.2) is 0 Å². The van der Waals surface area contributed by atoms with Crippen LogP contribution in [-0.2, 0) is 4.74 Å². The van der Waals surface area contributed by atoms with E-state index in [9.17, 15) is 0 Å². The van der Waals surface area contributed by atoms with Crippen molar-refractivity contribution in [2.45, 2.75) is 19.4 Å². The Morgan fingerprint density at radius 2 is 2.44 bits per heavy atom. The fourth-order valence-electron chi connectivity index (χ4n) is 0.625. The summed E-state index contributed by atoms with van der Waals surface area (Å²) in [6, 6.07) is 0. The first kappa shape index (κ1) is 6.24. The van der Waals surface area contributed by atoms with Crippen molar-refractivity contribution < 1.29 is 4.74 Å². The Hall–Kier alpha value is -0.880. The maximum atomic E-state index is 5.26. The Morgan fingerprint density at radius 3 is 3.22 bits per heavy atom. The molecule has 50 valence electrons. The number of hydrogen-bond acceptors (Lipinski definition) is 2. The number of ether oxygens (including phenoxy) is 1. The summed E-state index contributed by atoms with van der Waals surface area (Å²) in [7, 11) is 0. The second kappa shape index (κ2) is 2.16.